The molecule has 0 amide bonds. The number of carbonyl (C=O) groups excluding carboxylic acids is 1. The van der Waals surface area contributed by atoms with E-state index in [1.165, 1.54) is 0 Å². The van der Waals surface area contributed by atoms with Crippen LogP contribution in [-0.4, -0.2) is 32.2 Å². The summed E-state index contributed by atoms with van der Waals surface area (Å²) in [5.74, 6) is -0.395. The zero-order valence-electron chi connectivity index (χ0n) is 12.0. The molecule has 0 rings (SSSR count). The van der Waals surface area contributed by atoms with E-state index in [4.69, 9.17) is 4.74 Å². The molecule has 8 heteroatoms. The molecule has 0 atom stereocenters. The first-order valence-electron chi connectivity index (χ1n) is 6.35. The number of hydrogen-bond donors (Lipinski definition) is 0. The number of rotatable bonds is 12. The third kappa shape index (κ3) is 18.1. The van der Waals surface area contributed by atoms with Gasteiger partial charge in [-0.1, -0.05) is 38.7 Å². The van der Waals surface area contributed by atoms with E-state index >= 15 is 0 Å². The van der Waals surface area contributed by atoms with Crippen LogP contribution in [-0.2, 0) is 24.1 Å². The molecule has 0 aromatic heterocycles. The molecule has 0 radical (unpaired) electrons. The first kappa shape index (κ1) is 22.4. The molecule has 0 aliphatic heterocycles. The number of esters is 1. The van der Waals surface area contributed by atoms with Gasteiger partial charge in [0.1, 0.15) is 0 Å². The summed E-state index contributed by atoms with van der Waals surface area (Å²) >= 11 is 0. The zero-order valence-corrected chi connectivity index (χ0v) is 14.8. The second-order valence-electron chi connectivity index (χ2n) is 4.08. The van der Waals surface area contributed by atoms with E-state index in [9.17, 15) is 17.8 Å². The van der Waals surface area contributed by atoms with Crippen LogP contribution >= 0.6 is 0 Å². The summed E-state index contributed by atoms with van der Waals surface area (Å²) in [7, 11) is -4.54. The van der Waals surface area contributed by atoms with Gasteiger partial charge in [-0.25, -0.2) is 13.2 Å². The van der Waals surface area contributed by atoms with Crippen LogP contribution in [0.5, 0.6) is 0 Å². The van der Waals surface area contributed by atoms with Gasteiger partial charge >= 0.3 is 35.5 Å². The Morgan fingerprint density at radius 3 is 1.90 bits per heavy atom. The smallest absolute Gasteiger partial charge is 0.726 e. The molecule has 0 aliphatic rings. The van der Waals surface area contributed by atoms with Gasteiger partial charge in [0.05, 0.1) is 13.2 Å². The van der Waals surface area contributed by atoms with Crippen LogP contribution in [0.1, 0.15) is 44.9 Å². The van der Waals surface area contributed by atoms with Crippen LogP contribution in [0, 0.1) is 0 Å². The van der Waals surface area contributed by atoms with Crippen LogP contribution in [0.25, 0.3) is 0 Å². The van der Waals surface area contributed by atoms with Crippen LogP contribution in [0.2, 0.25) is 0 Å². The van der Waals surface area contributed by atoms with Crippen molar-refractivity contribution in [1.29, 1.82) is 0 Å². The molecule has 0 unspecified atom stereocenters. The van der Waals surface area contributed by atoms with Crippen molar-refractivity contribution in [3.8, 4) is 0 Å². The molecule has 0 N–H and O–H groups in total. The maximum atomic E-state index is 10.7. The maximum Gasteiger partial charge on any atom is 1.00 e. The molecule has 0 saturated heterocycles. The van der Waals surface area contributed by atoms with Crippen molar-refractivity contribution >= 4 is 16.4 Å². The Balaban J connectivity index is 0. The molecule has 0 aromatic rings. The van der Waals surface area contributed by atoms with Gasteiger partial charge in [0.15, 0.2) is 0 Å². The third-order valence-electron chi connectivity index (χ3n) is 2.43. The van der Waals surface area contributed by atoms with Crippen molar-refractivity contribution < 1.29 is 56.2 Å². The van der Waals surface area contributed by atoms with E-state index in [1.807, 2.05) is 0 Å². The summed E-state index contributed by atoms with van der Waals surface area (Å²) in [6, 6.07) is 0. The normalized spacial score (nSPS) is 10.7. The van der Waals surface area contributed by atoms with Gasteiger partial charge in [-0.2, -0.15) is 0 Å². The average molecular weight is 316 g/mol. The quantitative estimate of drug-likeness (QED) is 0.114. The summed E-state index contributed by atoms with van der Waals surface area (Å²) in [5.41, 5.74) is 0. The van der Waals surface area contributed by atoms with E-state index in [2.05, 4.69) is 10.8 Å². The van der Waals surface area contributed by atoms with Gasteiger partial charge < -0.3 is 9.29 Å². The minimum Gasteiger partial charge on any atom is -0.726 e. The van der Waals surface area contributed by atoms with Crippen molar-refractivity contribution in [2.24, 2.45) is 0 Å². The first-order valence-corrected chi connectivity index (χ1v) is 7.68. The van der Waals surface area contributed by atoms with Crippen molar-refractivity contribution in [3.63, 3.8) is 0 Å². The molecule has 0 fully saturated rings. The third-order valence-corrected chi connectivity index (χ3v) is 2.88. The van der Waals surface area contributed by atoms with Gasteiger partial charge in [-0.3, -0.25) is 4.18 Å². The Morgan fingerprint density at radius 2 is 1.45 bits per heavy atom. The van der Waals surface area contributed by atoms with Gasteiger partial charge in [0, 0.05) is 6.08 Å². The number of carbonyl (C=O) groups is 1. The van der Waals surface area contributed by atoms with Crippen molar-refractivity contribution in [2.45, 2.75) is 44.9 Å². The van der Waals surface area contributed by atoms with Crippen molar-refractivity contribution in [2.75, 3.05) is 13.2 Å². The van der Waals surface area contributed by atoms with E-state index in [1.54, 1.807) is 0 Å². The molecule has 20 heavy (non-hydrogen) atoms. The fraction of sp³-hybridized carbons (Fsp3) is 0.750. The zero-order chi connectivity index (χ0) is 14.6. The fourth-order valence-electron chi connectivity index (χ4n) is 1.48. The molecular formula is C12H21NaO6S. The van der Waals surface area contributed by atoms with Gasteiger partial charge in [-0.15, -0.1) is 0 Å². The summed E-state index contributed by atoms with van der Waals surface area (Å²) in [4.78, 5) is 10.7. The van der Waals surface area contributed by atoms with E-state index in [-0.39, 0.29) is 36.2 Å². The van der Waals surface area contributed by atoms with E-state index < -0.39 is 16.4 Å². The summed E-state index contributed by atoms with van der Waals surface area (Å²) in [5, 5.41) is 0. The molecule has 0 heterocycles. The second kappa shape index (κ2) is 14.0. The maximum absolute atomic E-state index is 10.7. The Morgan fingerprint density at radius 1 is 1.00 bits per heavy atom. The number of unbranched alkanes of at least 4 members (excludes halogenated alkanes) is 6. The average Bonchev–Trinajstić information content (AvgIpc) is 2.34. The number of hydrogen-bond acceptors (Lipinski definition) is 6. The monoisotopic (exact) mass is 316 g/mol. The minimum absolute atomic E-state index is 0. The van der Waals surface area contributed by atoms with Gasteiger partial charge in [0.25, 0.3) is 0 Å². The standard InChI is InChI=1S/C12H22O6S.Na/c1-2-12(13)17-10-8-6-4-3-5-7-9-11-18-19(14,15)16;/h2H,1,3-11H2,(H,14,15,16);/q;+1/p-1. The summed E-state index contributed by atoms with van der Waals surface area (Å²) in [6.07, 6.45) is 7.39. The van der Waals surface area contributed by atoms with Crippen LogP contribution in [0.3, 0.4) is 0 Å². The van der Waals surface area contributed by atoms with Crippen LogP contribution < -0.4 is 29.6 Å². The Kier molecular flexibility index (Phi) is 15.7. The molecule has 0 aliphatic carbocycles. The molecule has 6 nitrogen and oxygen atoms in total. The Hall–Kier alpha value is 0.0800. The summed E-state index contributed by atoms with van der Waals surface area (Å²) in [6.45, 7) is 3.68. The Labute approximate surface area is 143 Å². The predicted molar refractivity (Wildman–Crippen MR) is 69.1 cm³/mol. The van der Waals surface area contributed by atoms with Crippen molar-refractivity contribution in [1.82, 2.24) is 0 Å². The number of ether oxygens (including phenoxy) is 1. The predicted octanol–water partition coefficient (Wildman–Crippen LogP) is -1.07. The van der Waals surface area contributed by atoms with E-state index in [0.717, 1.165) is 44.6 Å². The van der Waals surface area contributed by atoms with Crippen LogP contribution in [0.4, 0.5) is 0 Å². The minimum atomic E-state index is -4.54. The molecule has 0 spiro atoms. The fourth-order valence-corrected chi connectivity index (χ4v) is 1.80. The molecular weight excluding hydrogens is 295 g/mol. The topological polar surface area (TPSA) is 92.7 Å². The molecule has 0 aromatic carbocycles. The Bertz CT molecular complexity index is 355. The van der Waals surface area contributed by atoms with Gasteiger partial charge in [0.2, 0.25) is 10.4 Å². The van der Waals surface area contributed by atoms with Crippen molar-refractivity contribution in [3.05, 3.63) is 12.7 Å². The van der Waals surface area contributed by atoms with Gasteiger partial charge in [-0.05, 0) is 12.8 Å². The summed E-state index contributed by atoms with van der Waals surface area (Å²) < 4.78 is 39.3. The van der Waals surface area contributed by atoms with E-state index in [0.29, 0.717) is 13.0 Å². The molecule has 0 saturated carbocycles. The van der Waals surface area contributed by atoms with Crippen LogP contribution in [0.15, 0.2) is 12.7 Å². The molecule has 0 bridgehead atoms. The SMILES string of the molecule is C=CC(=O)OCCCCCCCCCOS(=O)(=O)[O-].[Na+]. The second-order valence-corrected chi connectivity index (χ2v) is 5.13. The molecule has 112 valence electrons. The first-order chi connectivity index (χ1) is 8.95. The largest absolute Gasteiger partial charge is 1.00 e.